The Bertz CT molecular complexity index is 1220. The van der Waals surface area contributed by atoms with Gasteiger partial charge in [-0.3, -0.25) is 9.59 Å². The molecule has 2 aromatic carbocycles. The second-order valence-electron chi connectivity index (χ2n) is 7.77. The highest BCUT2D eigenvalue weighted by atomic mass is 19.1. The van der Waals surface area contributed by atoms with Crippen LogP contribution in [-0.2, 0) is 16.1 Å². The summed E-state index contributed by atoms with van der Waals surface area (Å²) in [5.74, 6) is -1.71. The van der Waals surface area contributed by atoms with Gasteiger partial charge >= 0.3 is 0 Å². The fourth-order valence-electron chi connectivity index (χ4n) is 3.90. The number of Topliss-reactive ketones (excluding diaryl/α,β-unsaturated/α-hetero) is 1. The Morgan fingerprint density at radius 1 is 1.15 bits per heavy atom. The first-order chi connectivity index (χ1) is 16.4. The summed E-state index contributed by atoms with van der Waals surface area (Å²) in [5.41, 5.74) is 0.510. The SMILES string of the molecule is CCCOc1ccc(C2/C(=C(/O)c3ccc(OC)c(F)c3)C(=O)C(=O)N2Cc2ccco2)cc1. The van der Waals surface area contributed by atoms with Gasteiger partial charge in [-0.25, -0.2) is 4.39 Å². The van der Waals surface area contributed by atoms with Crippen LogP contribution < -0.4 is 9.47 Å². The number of furan rings is 1. The molecule has 2 heterocycles. The monoisotopic (exact) mass is 465 g/mol. The topological polar surface area (TPSA) is 89.2 Å². The standard InChI is InChI=1S/C26H24FNO6/c1-3-12-33-18-9-6-16(7-10-18)23-22(24(29)17-8-11-21(32-2)20(27)14-17)25(30)26(31)28(23)15-19-5-4-13-34-19/h4-11,13-14,23,29H,3,12,15H2,1-2H3/b24-22-. The second kappa shape index (κ2) is 9.82. The smallest absolute Gasteiger partial charge is 0.296 e. The van der Waals surface area contributed by atoms with Gasteiger partial charge in [0, 0.05) is 5.56 Å². The van der Waals surface area contributed by atoms with E-state index in [2.05, 4.69) is 0 Å². The van der Waals surface area contributed by atoms with Gasteiger partial charge in [0.15, 0.2) is 11.6 Å². The van der Waals surface area contributed by atoms with Crippen LogP contribution in [0, 0.1) is 5.82 Å². The summed E-state index contributed by atoms with van der Waals surface area (Å²) in [4.78, 5) is 27.4. The van der Waals surface area contributed by atoms with E-state index in [1.54, 1.807) is 36.4 Å². The van der Waals surface area contributed by atoms with Gasteiger partial charge in [-0.15, -0.1) is 0 Å². The number of amides is 1. The Hall–Kier alpha value is -4.07. The molecule has 0 saturated carbocycles. The van der Waals surface area contributed by atoms with Gasteiger partial charge in [-0.1, -0.05) is 19.1 Å². The average Bonchev–Trinajstić information content (AvgIpc) is 3.45. The summed E-state index contributed by atoms with van der Waals surface area (Å²) in [6.45, 7) is 2.57. The van der Waals surface area contributed by atoms with Crippen molar-refractivity contribution in [2.24, 2.45) is 0 Å². The quantitative estimate of drug-likeness (QED) is 0.291. The molecule has 1 amide bonds. The number of aliphatic hydroxyl groups is 1. The second-order valence-corrected chi connectivity index (χ2v) is 7.77. The number of rotatable bonds is 8. The predicted molar refractivity (Wildman–Crippen MR) is 122 cm³/mol. The highest BCUT2D eigenvalue weighted by Crippen LogP contribution is 2.41. The number of methoxy groups -OCH3 is 1. The zero-order chi connectivity index (χ0) is 24.2. The Morgan fingerprint density at radius 3 is 2.53 bits per heavy atom. The minimum Gasteiger partial charge on any atom is -0.507 e. The number of nitrogens with zero attached hydrogens (tertiary/aromatic N) is 1. The molecule has 1 saturated heterocycles. The minimum atomic E-state index is -0.907. The minimum absolute atomic E-state index is 0.00552. The van der Waals surface area contributed by atoms with Crippen LogP contribution in [0.3, 0.4) is 0 Å². The molecular formula is C26H24FNO6. The van der Waals surface area contributed by atoms with E-state index < -0.39 is 29.3 Å². The summed E-state index contributed by atoms with van der Waals surface area (Å²) < 4.78 is 30.3. The average molecular weight is 465 g/mol. The number of hydrogen-bond donors (Lipinski definition) is 1. The number of likely N-dealkylation sites (tertiary alicyclic amines) is 1. The molecule has 1 aliphatic heterocycles. The third kappa shape index (κ3) is 4.39. The molecule has 0 bridgehead atoms. The molecule has 1 aliphatic rings. The molecule has 0 radical (unpaired) electrons. The van der Waals surface area contributed by atoms with E-state index in [0.717, 1.165) is 12.5 Å². The van der Waals surface area contributed by atoms with Crippen molar-refractivity contribution in [1.29, 1.82) is 0 Å². The first kappa shape index (κ1) is 23.1. The van der Waals surface area contributed by atoms with E-state index in [-0.39, 0.29) is 23.4 Å². The molecule has 7 nitrogen and oxygen atoms in total. The van der Waals surface area contributed by atoms with E-state index >= 15 is 0 Å². The fourth-order valence-corrected chi connectivity index (χ4v) is 3.90. The molecule has 1 fully saturated rings. The van der Waals surface area contributed by atoms with Gasteiger partial charge in [-0.05, 0) is 54.4 Å². The van der Waals surface area contributed by atoms with Gasteiger partial charge in [0.05, 0.1) is 38.1 Å². The lowest BCUT2D eigenvalue weighted by Gasteiger charge is -2.24. The first-order valence-electron chi connectivity index (χ1n) is 10.8. The zero-order valence-corrected chi connectivity index (χ0v) is 18.8. The largest absolute Gasteiger partial charge is 0.507 e. The lowest BCUT2D eigenvalue weighted by Crippen LogP contribution is -2.29. The molecule has 4 rings (SSSR count). The lowest BCUT2D eigenvalue weighted by atomic mass is 9.95. The molecule has 0 aliphatic carbocycles. The van der Waals surface area contributed by atoms with Crippen LogP contribution in [-0.4, -0.2) is 35.4 Å². The van der Waals surface area contributed by atoms with Crippen molar-refractivity contribution in [3.63, 3.8) is 0 Å². The molecule has 1 N–H and O–H groups in total. The highest BCUT2D eigenvalue weighted by Gasteiger charge is 2.46. The zero-order valence-electron chi connectivity index (χ0n) is 18.8. The lowest BCUT2D eigenvalue weighted by molar-refractivity contribution is -0.140. The Morgan fingerprint density at radius 2 is 1.91 bits per heavy atom. The fraction of sp³-hybridized carbons (Fsp3) is 0.231. The van der Waals surface area contributed by atoms with Crippen molar-refractivity contribution in [1.82, 2.24) is 4.90 Å². The molecule has 1 unspecified atom stereocenters. The number of carbonyl (C=O) groups excluding carboxylic acids is 2. The number of ketones is 1. The van der Waals surface area contributed by atoms with Crippen molar-refractivity contribution in [2.45, 2.75) is 25.9 Å². The van der Waals surface area contributed by atoms with Crippen molar-refractivity contribution in [2.75, 3.05) is 13.7 Å². The molecule has 0 spiro atoms. The summed E-state index contributed by atoms with van der Waals surface area (Å²) >= 11 is 0. The molecule has 3 aromatic rings. The molecule has 1 aromatic heterocycles. The number of hydrogen-bond acceptors (Lipinski definition) is 6. The van der Waals surface area contributed by atoms with Crippen LogP contribution in [0.2, 0.25) is 0 Å². The summed E-state index contributed by atoms with van der Waals surface area (Å²) in [6, 6.07) is 13.3. The molecule has 34 heavy (non-hydrogen) atoms. The summed E-state index contributed by atoms with van der Waals surface area (Å²) in [6.07, 6.45) is 2.32. The molecular weight excluding hydrogens is 441 g/mol. The Kier molecular flexibility index (Phi) is 6.67. The van der Waals surface area contributed by atoms with Crippen molar-refractivity contribution >= 4 is 17.4 Å². The van der Waals surface area contributed by atoms with Crippen molar-refractivity contribution in [3.05, 3.63) is 89.1 Å². The number of carbonyl (C=O) groups is 2. The van der Waals surface area contributed by atoms with E-state index in [1.165, 1.54) is 30.4 Å². The maximum atomic E-state index is 14.3. The van der Waals surface area contributed by atoms with Crippen molar-refractivity contribution < 1.29 is 33.0 Å². The van der Waals surface area contributed by atoms with Crippen LogP contribution in [0.4, 0.5) is 4.39 Å². The third-order valence-corrected chi connectivity index (χ3v) is 5.54. The first-order valence-corrected chi connectivity index (χ1v) is 10.8. The Balaban J connectivity index is 1.81. The predicted octanol–water partition coefficient (Wildman–Crippen LogP) is 4.84. The normalized spacial score (nSPS) is 17.3. The van der Waals surface area contributed by atoms with Gasteiger partial charge < -0.3 is 23.9 Å². The molecule has 8 heteroatoms. The highest BCUT2D eigenvalue weighted by molar-refractivity contribution is 6.46. The van der Waals surface area contributed by atoms with E-state index in [4.69, 9.17) is 13.9 Å². The number of aliphatic hydroxyl groups excluding tert-OH is 1. The van der Waals surface area contributed by atoms with Crippen LogP contribution >= 0.6 is 0 Å². The third-order valence-electron chi connectivity index (χ3n) is 5.54. The van der Waals surface area contributed by atoms with E-state index in [0.29, 0.717) is 23.7 Å². The number of benzene rings is 2. The van der Waals surface area contributed by atoms with Crippen LogP contribution in [0.25, 0.3) is 5.76 Å². The summed E-state index contributed by atoms with van der Waals surface area (Å²) in [5, 5.41) is 11.1. The molecule has 1 atom stereocenters. The summed E-state index contributed by atoms with van der Waals surface area (Å²) in [7, 11) is 1.33. The van der Waals surface area contributed by atoms with Gasteiger partial charge in [-0.2, -0.15) is 0 Å². The van der Waals surface area contributed by atoms with Crippen LogP contribution in [0.5, 0.6) is 11.5 Å². The number of ether oxygens (including phenoxy) is 2. The van der Waals surface area contributed by atoms with Gasteiger partial charge in [0.25, 0.3) is 11.7 Å². The van der Waals surface area contributed by atoms with Gasteiger partial charge in [0.2, 0.25) is 0 Å². The van der Waals surface area contributed by atoms with Gasteiger partial charge in [0.1, 0.15) is 17.3 Å². The van der Waals surface area contributed by atoms with E-state index in [1.807, 2.05) is 6.92 Å². The maximum Gasteiger partial charge on any atom is 0.296 e. The van der Waals surface area contributed by atoms with E-state index in [9.17, 15) is 19.1 Å². The van der Waals surface area contributed by atoms with Crippen LogP contribution in [0.1, 0.15) is 36.3 Å². The maximum absolute atomic E-state index is 14.3. The Labute approximate surface area is 196 Å². The molecule has 176 valence electrons. The number of halogens is 1. The van der Waals surface area contributed by atoms with Crippen molar-refractivity contribution in [3.8, 4) is 11.5 Å². The van der Waals surface area contributed by atoms with Crippen LogP contribution in [0.15, 0.2) is 70.9 Å².